The van der Waals surface area contributed by atoms with Crippen molar-refractivity contribution in [1.29, 1.82) is 0 Å². The molecule has 3 heteroatoms. The summed E-state index contributed by atoms with van der Waals surface area (Å²) in [6.07, 6.45) is 4.04. The number of rotatable bonds is 4. The topological polar surface area (TPSA) is 46.3 Å². The molecule has 4 rings (SSSR count). The van der Waals surface area contributed by atoms with E-state index < -0.39 is 0 Å². The highest BCUT2D eigenvalue weighted by atomic mass is 16.2. The zero-order valence-corrected chi connectivity index (χ0v) is 12.7. The zero-order valence-electron chi connectivity index (χ0n) is 12.7. The summed E-state index contributed by atoms with van der Waals surface area (Å²) in [5.41, 5.74) is 7.58. The molecule has 0 aromatic heterocycles. The van der Waals surface area contributed by atoms with Crippen LogP contribution < -0.4 is 5.73 Å². The highest BCUT2D eigenvalue weighted by Gasteiger charge is 2.77. The fourth-order valence-electron chi connectivity index (χ4n) is 5.61. The number of nitrogens with zero attached hydrogens (tertiary/aromatic N) is 1. The second-order valence-electron chi connectivity index (χ2n) is 6.96. The molecule has 2 N–H and O–H groups in total. The van der Waals surface area contributed by atoms with Crippen molar-refractivity contribution in [3.05, 3.63) is 35.9 Å². The van der Waals surface area contributed by atoms with E-state index in [2.05, 4.69) is 42.2 Å². The first-order chi connectivity index (χ1) is 10.2. The van der Waals surface area contributed by atoms with Crippen molar-refractivity contribution in [2.24, 2.45) is 23.0 Å². The van der Waals surface area contributed by atoms with Crippen molar-refractivity contribution in [2.75, 3.05) is 13.1 Å². The van der Waals surface area contributed by atoms with Crippen LogP contribution in [-0.2, 0) is 4.79 Å². The van der Waals surface area contributed by atoms with Gasteiger partial charge in [0.05, 0.1) is 6.54 Å². The lowest BCUT2D eigenvalue weighted by Crippen LogP contribution is -2.61. The van der Waals surface area contributed by atoms with E-state index in [-0.39, 0.29) is 12.5 Å². The van der Waals surface area contributed by atoms with Gasteiger partial charge in [-0.25, -0.2) is 0 Å². The average molecular weight is 284 g/mol. The largest absolute Gasteiger partial charge is 0.338 e. The van der Waals surface area contributed by atoms with E-state index in [1.165, 1.54) is 24.8 Å². The van der Waals surface area contributed by atoms with Gasteiger partial charge in [0, 0.05) is 18.5 Å². The van der Waals surface area contributed by atoms with Crippen molar-refractivity contribution >= 4 is 5.91 Å². The predicted molar refractivity (Wildman–Crippen MR) is 82.7 cm³/mol. The van der Waals surface area contributed by atoms with Crippen LogP contribution in [0.5, 0.6) is 0 Å². The van der Waals surface area contributed by atoms with E-state index in [9.17, 15) is 4.79 Å². The molecular formula is C18H24N2O. The minimum Gasteiger partial charge on any atom is -0.338 e. The summed E-state index contributed by atoms with van der Waals surface area (Å²) in [7, 11) is 0. The smallest absolute Gasteiger partial charge is 0.236 e. The van der Waals surface area contributed by atoms with Crippen molar-refractivity contribution in [1.82, 2.24) is 4.90 Å². The Morgan fingerprint density at radius 2 is 2.10 bits per heavy atom. The van der Waals surface area contributed by atoms with Crippen molar-refractivity contribution < 1.29 is 4.79 Å². The number of amides is 1. The molecule has 0 heterocycles. The number of likely N-dealkylation sites (N-methyl/N-ethyl adjacent to an activating group) is 1. The molecule has 112 valence electrons. The summed E-state index contributed by atoms with van der Waals surface area (Å²) in [5, 5.41) is 0. The van der Waals surface area contributed by atoms with Gasteiger partial charge < -0.3 is 10.6 Å². The molecular weight excluding hydrogens is 260 g/mol. The molecule has 0 radical (unpaired) electrons. The third-order valence-corrected chi connectivity index (χ3v) is 6.40. The van der Waals surface area contributed by atoms with E-state index in [1.807, 2.05) is 0 Å². The quantitative estimate of drug-likeness (QED) is 0.922. The number of hydrogen-bond donors (Lipinski definition) is 1. The van der Waals surface area contributed by atoms with Crippen molar-refractivity contribution in [3.63, 3.8) is 0 Å². The van der Waals surface area contributed by atoms with Gasteiger partial charge in [0.25, 0.3) is 0 Å². The van der Waals surface area contributed by atoms with Crippen LogP contribution in [0.1, 0.15) is 37.7 Å². The summed E-state index contributed by atoms with van der Waals surface area (Å²) in [6.45, 7) is 3.00. The van der Waals surface area contributed by atoms with Crippen LogP contribution in [0.15, 0.2) is 30.3 Å². The molecule has 1 aromatic carbocycles. The van der Waals surface area contributed by atoms with Gasteiger partial charge in [-0.3, -0.25) is 4.79 Å². The third-order valence-electron chi connectivity index (χ3n) is 6.40. The second kappa shape index (κ2) is 4.57. The Balaban J connectivity index is 1.70. The third kappa shape index (κ3) is 1.61. The van der Waals surface area contributed by atoms with Gasteiger partial charge in [-0.05, 0) is 49.0 Å². The number of carbonyl (C=O) groups is 1. The molecule has 3 nitrogen and oxygen atoms in total. The minimum absolute atomic E-state index is 0.113. The monoisotopic (exact) mass is 284 g/mol. The lowest BCUT2D eigenvalue weighted by molar-refractivity contribution is -0.140. The Kier molecular flexibility index (Phi) is 2.90. The van der Waals surface area contributed by atoms with Crippen LogP contribution in [0.2, 0.25) is 0 Å². The molecule has 0 saturated heterocycles. The fraction of sp³-hybridized carbons (Fsp3) is 0.611. The Morgan fingerprint density at radius 1 is 1.33 bits per heavy atom. The zero-order chi connectivity index (χ0) is 14.6. The molecule has 0 aliphatic heterocycles. The Labute approximate surface area is 126 Å². The lowest BCUT2D eigenvalue weighted by atomic mass is 9.55. The maximum absolute atomic E-state index is 12.3. The standard InChI is InChI=1S/C18H24N2O/c1-2-20(15(21)11-19)17-14-9-8-13-10-18(13,14)16(17)12-6-4-3-5-7-12/h3-7,13-14,16-17H,2,8-11,19H2,1H3. The number of nitrogens with two attached hydrogens (primary N) is 1. The molecule has 3 saturated carbocycles. The van der Waals surface area contributed by atoms with Gasteiger partial charge in [-0.1, -0.05) is 30.3 Å². The Bertz CT molecular complexity index is 558. The Morgan fingerprint density at radius 3 is 2.71 bits per heavy atom. The molecule has 1 aromatic rings. The van der Waals surface area contributed by atoms with Crippen LogP contribution in [0.25, 0.3) is 0 Å². The molecule has 3 aliphatic carbocycles. The fourth-order valence-corrected chi connectivity index (χ4v) is 5.61. The average Bonchev–Trinajstić information content (AvgIpc) is 3.18. The second-order valence-corrected chi connectivity index (χ2v) is 6.96. The molecule has 1 amide bonds. The van der Waals surface area contributed by atoms with E-state index in [0.717, 1.165) is 12.5 Å². The maximum Gasteiger partial charge on any atom is 0.236 e. The van der Waals surface area contributed by atoms with Crippen LogP contribution in [0.4, 0.5) is 0 Å². The molecule has 1 spiro atoms. The van der Waals surface area contributed by atoms with E-state index in [4.69, 9.17) is 5.73 Å². The molecule has 5 atom stereocenters. The number of carbonyl (C=O) groups excluding carboxylic acids is 1. The SMILES string of the molecule is CCN(C(=O)CN)C1C2CCC3CC32C1c1ccccc1. The molecule has 3 fully saturated rings. The number of benzene rings is 1. The summed E-state index contributed by atoms with van der Waals surface area (Å²) < 4.78 is 0. The molecule has 21 heavy (non-hydrogen) atoms. The van der Waals surface area contributed by atoms with E-state index in [0.29, 0.717) is 23.3 Å². The molecule has 0 bridgehead atoms. The van der Waals surface area contributed by atoms with Gasteiger partial charge in [0.1, 0.15) is 0 Å². The van der Waals surface area contributed by atoms with E-state index in [1.54, 1.807) is 0 Å². The van der Waals surface area contributed by atoms with Gasteiger partial charge in [-0.15, -0.1) is 0 Å². The van der Waals surface area contributed by atoms with Gasteiger partial charge in [0.15, 0.2) is 0 Å². The normalized spacial score (nSPS) is 39.1. The first kappa shape index (κ1) is 13.3. The summed E-state index contributed by atoms with van der Waals surface area (Å²) >= 11 is 0. The minimum atomic E-state index is 0.113. The predicted octanol–water partition coefficient (Wildman–Crippen LogP) is 2.38. The summed E-state index contributed by atoms with van der Waals surface area (Å²) in [6, 6.07) is 11.2. The Hall–Kier alpha value is -1.35. The van der Waals surface area contributed by atoms with E-state index >= 15 is 0 Å². The lowest BCUT2D eigenvalue weighted by Gasteiger charge is -2.56. The van der Waals surface area contributed by atoms with Crippen LogP contribution >= 0.6 is 0 Å². The summed E-state index contributed by atoms with van der Waals surface area (Å²) in [4.78, 5) is 14.3. The van der Waals surface area contributed by atoms with Crippen LogP contribution in [-0.4, -0.2) is 29.9 Å². The first-order valence-electron chi connectivity index (χ1n) is 8.28. The van der Waals surface area contributed by atoms with Gasteiger partial charge in [0.2, 0.25) is 5.91 Å². The molecule has 3 aliphatic rings. The molecule has 5 unspecified atom stereocenters. The van der Waals surface area contributed by atoms with Gasteiger partial charge in [-0.2, -0.15) is 0 Å². The van der Waals surface area contributed by atoms with Gasteiger partial charge >= 0.3 is 0 Å². The van der Waals surface area contributed by atoms with Crippen molar-refractivity contribution in [2.45, 2.75) is 38.1 Å². The van der Waals surface area contributed by atoms with Crippen LogP contribution in [0.3, 0.4) is 0 Å². The summed E-state index contributed by atoms with van der Waals surface area (Å²) in [5.74, 6) is 2.27. The maximum atomic E-state index is 12.3. The number of hydrogen-bond acceptors (Lipinski definition) is 2. The van der Waals surface area contributed by atoms with Crippen molar-refractivity contribution in [3.8, 4) is 0 Å². The highest BCUT2D eigenvalue weighted by Crippen LogP contribution is 2.81. The highest BCUT2D eigenvalue weighted by molar-refractivity contribution is 5.79. The first-order valence-corrected chi connectivity index (χ1v) is 8.28. The van der Waals surface area contributed by atoms with Crippen LogP contribution in [0, 0.1) is 17.3 Å².